The molecule has 290 valence electrons. The van der Waals surface area contributed by atoms with E-state index in [2.05, 4.69) is 255 Å². The highest BCUT2D eigenvalue weighted by molar-refractivity contribution is 6.05. The van der Waals surface area contributed by atoms with E-state index in [1.165, 1.54) is 88.7 Å². The van der Waals surface area contributed by atoms with Crippen LogP contribution in [0.2, 0.25) is 0 Å². The fourth-order valence-electron chi connectivity index (χ4n) is 8.98. The predicted molar refractivity (Wildman–Crippen MR) is 261 cm³/mol. The summed E-state index contributed by atoms with van der Waals surface area (Å²) in [6.45, 7) is 4.39. The molecule has 0 amide bonds. The van der Waals surface area contributed by atoms with Gasteiger partial charge in [0, 0.05) is 17.1 Å². The lowest BCUT2D eigenvalue weighted by molar-refractivity contribution is 1.28. The largest absolute Gasteiger partial charge is 0.311 e. The lowest BCUT2D eigenvalue weighted by atomic mass is 9.92. The van der Waals surface area contributed by atoms with Gasteiger partial charge in [-0.1, -0.05) is 194 Å². The Labute approximate surface area is 359 Å². The minimum atomic E-state index is 1.10. The molecule has 10 rings (SSSR count). The smallest absolute Gasteiger partial charge is 0.0462 e. The zero-order chi connectivity index (χ0) is 41.1. The van der Waals surface area contributed by atoms with Crippen LogP contribution < -0.4 is 4.90 Å². The molecule has 0 aromatic heterocycles. The number of nitrogens with zero attached hydrogens (tertiary/aromatic N) is 1. The third-order valence-corrected chi connectivity index (χ3v) is 12.0. The van der Waals surface area contributed by atoms with Crippen molar-refractivity contribution in [3.63, 3.8) is 0 Å². The van der Waals surface area contributed by atoms with Gasteiger partial charge in [-0.3, -0.25) is 0 Å². The Balaban J connectivity index is 1.02. The van der Waals surface area contributed by atoms with Crippen LogP contribution in [0.4, 0.5) is 17.1 Å². The molecule has 0 aliphatic heterocycles. The van der Waals surface area contributed by atoms with Crippen molar-refractivity contribution >= 4 is 27.8 Å². The molecular formula is C60H45N. The van der Waals surface area contributed by atoms with Crippen molar-refractivity contribution in [3.8, 4) is 66.8 Å². The molecule has 61 heavy (non-hydrogen) atoms. The number of anilines is 3. The molecule has 10 aromatic rings. The summed E-state index contributed by atoms with van der Waals surface area (Å²) in [6, 6.07) is 85.9. The quantitative estimate of drug-likeness (QED) is 0.141. The fraction of sp³-hybridized carbons (Fsp3) is 0.0333. The van der Waals surface area contributed by atoms with Crippen LogP contribution in [-0.4, -0.2) is 0 Å². The summed E-state index contributed by atoms with van der Waals surface area (Å²) in [6.07, 6.45) is 0. The zero-order valence-electron chi connectivity index (χ0n) is 34.5. The summed E-state index contributed by atoms with van der Waals surface area (Å²) >= 11 is 0. The summed E-state index contributed by atoms with van der Waals surface area (Å²) in [5, 5.41) is 2.51. The molecule has 0 aliphatic carbocycles. The van der Waals surface area contributed by atoms with Gasteiger partial charge in [0.2, 0.25) is 0 Å². The average molecular weight is 780 g/mol. The second kappa shape index (κ2) is 16.5. The number of rotatable bonds is 9. The molecule has 0 fully saturated rings. The van der Waals surface area contributed by atoms with Crippen LogP contribution in [0.5, 0.6) is 0 Å². The first kappa shape index (κ1) is 37.5. The molecule has 0 radical (unpaired) electrons. The zero-order valence-corrected chi connectivity index (χ0v) is 34.5. The highest BCUT2D eigenvalue weighted by Crippen LogP contribution is 2.41. The Bertz CT molecular complexity index is 3090. The molecule has 0 aliphatic rings. The van der Waals surface area contributed by atoms with Gasteiger partial charge in [0.1, 0.15) is 0 Å². The van der Waals surface area contributed by atoms with Gasteiger partial charge in [-0.25, -0.2) is 0 Å². The molecule has 0 unspecified atom stereocenters. The van der Waals surface area contributed by atoms with Crippen molar-refractivity contribution in [3.05, 3.63) is 248 Å². The van der Waals surface area contributed by atoms with Crippen molar-refractivity contribution in [2.75, 3.05) is 4.90 Å². The van der Waals surface area contributed by atoms with Crippen LogP contribution in [0.1, 0.15) is 11.1 Å². The maximum absolute atomic E-state index is 2.37. The third-order valence-electron chi connectivity index (χ3n) is 12.0. The number of benzene rings is 10. The summed E-state index contributed by atoms with van der Waals surface area (Å²) < 4.78 is 0. The fourth-order valence-corrected chi connectivity index (χ4v) is 8.98. The first-order chi connectivity index (χ1) is 30.1. The Kier molecular flexibility index (Phi) is 10.1. The Morgan fingerprint density at radius 3 is 1.16 bits per heavy atom. The molecule has 0 bridgehead atoms. The Morgan fingerprint density at radius 1 is 0.246 bits per heavy atom. The van der Waals surface area contributed by atoms with Crippen molar-refractivity contribution in [1.29, 1.82) is 0 Å². The van der Waals surface area contributed by atoms with E-state index in [4.69, 9.17) is 0 Å². The van der Waals surface area contributed by atoms with Crippen molar-refractivity contribution < 1.29 is 0 Å². The van der Waals surface area contributed by atoms with Crippen LogP contribution >= 0.6 is 0 Å². The van der Waals surface area contributed by atoms with Crippen LogP contribution in [0, 0.1) is 13.8 Å². The lowest BCUT2D eigenvalue weighted by Gasteiger charge is -2.26. The number of hydrogen-bond acceptors (Lipinski definition) is 1. The molecule has 0 atom stereocenters. The third kappa shape index (κ3) is 7.43. The van der Waals surface area contributed by atoms with E-state index in [1.54, 1.807) is 0 Å². The number of hydrogen-bond donors (Lipinski definition) is 0. The first-order valence-corrected chi connectivity index (χ1v) is 21.1. The van der Waals surface area contributed by atoms with Crippen molar-refractivity contribution in [2.45, 2.75) is 13.8 Å². The molecular weight excluding hydrogens is 735 g/mol. The van der Waals surface area contributed by atoms with Crippen molar-refractivity contribution in [2.24, 2.45) is 0 Å². The number of fused-ring (bicyclic) bond motifs is 1. The standard InChI is InChI=1S/C60H45N/c1-42-15-13-16-43(2)60(42)48-31-37-53(38-32-48)61(52-35-29-47(30-36-52)57-40-39-56(46-19-7-4-8-20-46)58-25-11-12-26-59(57)58)51-33-27-44(28-34-51)49-21-14-22-50(41-49)55-24-10-9-23-54(55)45-17-5-3-6-18-45/h3-41H,1-2H3. The number of aryl methyl sites for hydroxylation is 2. The molecule has 0 saturated heterocycles. The van der Waals surface area contributed by atoms with Gasteiger partial charge in [0.25, 0.3) is 0 Å². The second-order valence-electron chi connectivity index (χ2n) is 15.8. The van der Waals surface area contributed by atoms with Crippen LogP contribution in [0.15, 0.2) is 237 Å². The van der Waals surface area contributed by atoms with Crippen LogP contribution in [0.3, 0.4) is 0 Å². The highest BCUT2D eigenvalue weighted by atomic mass is 15.1. The van der Waals surface area contributed by atoms with E-state index in [1.807, 2.05) is 0 Å². The van der Waals surface area contributed by atoms with Crippen LogP contribution in [-0.2, 0) is 0 Å². The maximum Gasteiger partial charge on any atom is 0.0462 e. The van der Waals surface area contributed by atoms with E-state index in [9.17, 15) is 0 Å². The predicted octanol–water partition coefficient (Wildman–Crippen LogP) is 16.9. The maximum atomic E-state index is 2.37. The molecule has 0 saturated carbocycles. The minimum Gasteiger partial charge on any atom is -0.311 e. The molecule has 1 heteroatoms. The van der Waals surface area contributed by atoms with Gasteiger partial charge in [0.05, 0.1) is 0 Å². The second-order valence-corrected chi connectivity index (χ2v) is 15.8. The summed E-state index contributed by atoms with van der Waals surface area (Å²) in [4.78, 5) is 2.37. The van der Waals surface area contributed by atoms with Gasteiger partial charge < -0.3 is 4.90 Å². The van der Waals surface area contributed by atoms with Gasteiger partial charge in [0.15, 0.2) is 0 Å². The van der Waals surface area contributed by atoms with E-state index in [0.29, 0.717) is 0 Å². The summed E-state index contributed by atoms with van der Waals surface area (Å²) in [7, 11) is 0. The monoisotopic (exact) mass is 779 g/mol. The van der Waals surface area contributed by atoms with Gasteiger partial charge in [-0.05, 0) is 145 Å². The minimum absolute atomic E-state index is 1.10. The summed E-state index contributed by atoms with van der Waals surface area (Å²) in [5.74, 6) is 0. The molecule has 0 heterocycles. The van der Waals surface area contributed by atoms with E-state index < -0.39 is 0 Å². The molecule has 0 N–H and O–H groups in total. The Morgan fingerprint density at radius 2 is 0.623 bits per heavy atom. The van der Waals surface area contributed by atoms with E-state index in [0.717, 1.165) is 17.1 Å². The van der Waals surface area contributed by atoms with Gasteiger partial charge >= 0.3 is 0 Å². The molecule has 0 spiro atoms. The van der Waals surface area contributed by atoms with Gasteiger partial charge in [-0.2, -0.15) is 0 Å². The van der Waals surface area contributed by atoms with Crippen molar-refractivity contribution in [1.82, 2.24) is 0 Å². The van der Waals surface area contributed by atoms with Gasteiger partial charge in [-0.15, -0.1) is 0 Å². The molecule has 1 nitrogen and oxygen atoms in total. The first-order valence-electron chi connectivity index (χ1n) is 21.1. The summed E-state index contributed by atoms with van der Waals surface area (Å²) in [5.41, 5.74) is 20.5. The van der Waals surface area contributed by atoms with E-state index >= 15 is 0 Å². The normalized spacial score (nSPS) is 11.1. The van der Waals surface area contributed by atoms with Crippen LogP contribution in [0.25, 0.3) is 77.5 Å². The Hall–Kier alpha value is -7.74. The SMILES string of the molecule is Cc1cccc(C)c1-c1ccc(N(c2ccc(-c3cccc(-c4ccccc4-c4ccccc4)c3)cc2)c2ccc(-c3ccc(-c4ccccc4)c4ccccc34)cc2)cc1. The topological polar surface area (TPSA) is 3.24 Å². The lowest BCUT2D eigenvalue weighted by Crippen LogP contribution is -2.09. The highest BCUT2D eigenvalue weighted by Gasteiger charge is 2.16. The van der Waals surface area contributed by atoms with E-state index in [-0.39, 0.29) is 0 Å². The average Bonchev–Trinajstić information content (AvgIpc) is 3.33. The molecule has 10 aromatic carbocycles.